The fourth-order valence-electron chi connectivity index (χ4n) is 12.8. The number of fused-ring (bicyclic) bond motifs is 10. The van der Waals surface area contributed by atoms with Gasteiger partial charge in [-0.2, -0.15) is 0 Å². The molecule has 2 unspecified atom stereocenters. The van der Waals surface area contributed by atoms with Gasteiger partial charge in [0, 0.05) is 35.6 Å². The molecule has 16 nitrogen and oxygen atoms in total. The van der Waals surface area contributed by atoms with Gasteiger partial charge in [-0.1, -0.05) is 99.8 Å². The van der Waals surface area contributed by atoms with Crippen molar-refractivity contribution >= 4 is 47.2 Å². The average molecular weight is 1200 g/mol. The second-order valence-corrected chi connectivity index (χ2v) is 20.9. The van der Waals surface area contributed by atoms with E-state index < -0.39 is 29.6 Å². The highest BCUT2D eigenvalue weighted by Crippen LogP contribution is 2.64. The van der Waals surface area contributed by atoms with Crippen molar-refractivity contribution in [3.05, 3.63) is 112 Å². The number of rotatable bonds is 7. The molecule has 2 atom stereocenters. The second-order valence-electron chi connectivity index (χ2n) is 19.9. The van der Waals surface area contributed by atoms with E-state index in [1.54, 1.807) is 19.2 Å². The molecule has 8 aliphatic rings. The SMILES string of the molecule is C.C.C.C.C.COC1CCC2(CC1)Cc1ccc(-c3cccc(OC(F)(F)F)c3)cc1C21N=C(N)N2CCON=C21.COC1CCC2(CC1)Cc1ccc(Br)cc1C21N=C(N)N2CCON=C21.O[B]Oc1cccc(OC(F)(F)F)c1. The minimum absolute atomic E-state index is 0. The van der Waals surface area contributed by atoms with Gasteiger partial charge in [0.2, 0.25) is 0 Å². The lowest BCUT2D eigenvalue weighted by molar-refractivity contribution is -0.275. The van der Waals surface area contributed by atoms with Crippen molar-refractivity contribution in [3.8, 4) is 28.4 Å². The fourth-order valence-corrected chi connectivity index (χ4v) is 13.1. The van der Waals surface area contributed by atoms with Crippen molar-refractivity contribution in [2.24, 2.45) is 42.6 Å². The quantitative estimate of drug-likeness (QED) is 0.117. The molecule has 2 saturated carbocycles. The summed E-state index contributed by atoms with van der Waals surface area (Å²) in [6, 6.07) is 23.4. The lowest BCUT2D eigenvalue weighted by atomic mass is 9.61. The first-order valence-corrected chi connectivity index (χ1v) is 25.6. The van der Waals surface area contributed by atoms with Crippen molar-refractivity contribution in [2.75, 3.05) is 40.5 Å². The first-order chi connectivity index (χ1) is 36.3. The largest absolute Gasteiger partial charge is 0.573 e. The summed E-state index contributed by atoms with van der Waals surface area (Å²) in [6.45, 7) is 2.24. The van der Waals surface area contributed by atoms with Gasteiger partial charge in [-0.05, 0) is 140 Å². The molecule has 81 heavy (non-hydrogen) atoms. The molecule has 2 fully saturated rings. The number of ether oxygens (including phenoxy) is 4. The Bertz CT molecular complexity index is 2950. The van der Waals surface area contributed by atoms with Crippen LogP contribution in [0.25, 0.3) is 11.1 Å². The third-order valence-electron chi connectivity index (χ3n) is 16.0. The standard InChI is InChI=1S/C26H27F3N4O3.C19H23BrN4O2.C7H5BF3O3.5CH4/c1-34-19-7-9-24(10-8-19)15-18-6-5-17(16-3-2-4-20(13-16)36-26(27,28)29)14-21(18)25(24)22-32-35-12-11-33(22)23(30)31-25;1-25-14-4-6-18(7-5-14)11-12-2-3-13(20)10-15(12)19(18)16-23-26-9-8-24(16)17(21)22-19;9-7(10,11)13-5-2-1-3-6(4-5)14-8-12;;;;;/h2-6,13-14,19H,7-12,15H2,1H3,(H2,30,31);2-3,10,14H,4-9,11H2,1H3,(H2,21,22);1-4,12H;5*1H4. The molecule has 5 N–H and O–H groups in total. The first-order valence-electron chi connectivity index (χ1n) is 24.8. The number of guanidine groups is 2. The van der Waals surface area contributed by atoms with Crippen LogP contribution in [0.5, 0.6) is 17.2 Å². The van der Waals surface area contributed by atoms with Crippen LogP contribution in [-0.2, 0) is 43.1 Å². The van der Waals surface area contributed by atoms with E-state index in [2.05, 4.69) is 64.6 Å². The molecular weight excluding hydrogens is 1130 g/mol. The van der Waals surface area contributed by atoms with Crippen LogP contribution in [0.3, 0.4) is 0 Å². The van der Waals surface area contributed by atoms with Crippen molar-refractivity contribution in [1.29, 1.82) is 0 Å². The molecule has 0 saturated heterocycles. The number of amidine groups is 2. The first kappa shape index (κ1) is 65.6. The van der Waals surface area contributed by atoms with Gasteiger partial charge in [0.15, 0.2) is 34.7 Å². The number of nitrogens with two attached hydrogens (primary N) is 2. The Hall–Kier alpha value is -6.24. The van der Waals surface area contributed by atoms with E-state index >= 15 is 0 Å². The van der Waals surface area contributed by atoms with Crippen LogP contribution in [0.2, 0.25) is 0 Å². The van der Waals surface area contributed by atoms with Crippen LogP contribution < -0.4 is 25.6 Å². The molecule has 1 radical (unpaired) electrons. The molecule has 4 heterocycles. The van der Waals surface area contributed by atoms with E-state index in [1.165, 1.54) is 35.4 Å². The zero-order valence-electron chi connectivity index (χ0n) is 41.5. The normalized spacial score (nSPS) is 26.0. The van der Waals surface area contributed by atoms with Crippen LogP contribution in [0.4, 0.5) is 26.3 Å². The smallest absolute Gasteiger partial charge is 0.537 e. The summed E-state index contributed by atoms with van der Waals surface area (Å²) >= 11 is 3.65. The molecule has 24 heteroatoms. The number of methoxy groups -OCH3 is 2. The summed E-state index contributed by atoms with van der Waals surface area (Å²) in [4.78, 5) is 25.3. The van der Waals surface area contributed by atoms with Crippen molar-refractivity contribution in [3.63, 3.8) is 0 Å². The van der Waals surface area contributed by atoms with E-state index in [4.69, 9.17) is 45.6 Å². The predicted molar refractivity (Wildman–Crippen MR) is 306 cm³/mol. The number of halogens is 7. The van der Waals surface area contributed by atoms with Crippen LogP contribution in [0.15, 0.2) is 110 Å². The molecule has 4 aliphatic heterocycles. The third kappa shape index (κ3) is 12.2. The molecule has 4 aromatic rings. The number of aliphatic imine (C=N–C) groups is 2. The number of hydrogen-bond donors (Lipinski definition) is 3. The summed E-state index contributed by atoms with van der Waals surface area (Å²) in [6.07, 6.45) is 0.574. The Morgan fingerprint density at radius 3 is 1.51 bits per heavy atom. The molecule has 4 aliphatic carbocycles. The highest BCUT2D eigenvalue weighted by molar-refractivity contribution is 9.10. The number of hydrogen-bond acceptors (Lipinski definition) is 16. The Kier molecular flexibility index (Phi) is 20.6. The summed E-state index contributed by atoms with van der Waals surface area (Å²) < 4.78 is 98.2. The maximum Gasteiger partial charge on any atom is 0.573 e. The Morgan fingerprint density at radius 1 is 0.605 bits per heavy atom. The van der Waals surface area contributed by atoms with Crippen LogP contribution in [-0.4, -0.2) is 112 Å². The zero-order chi connectivity index (χ0) is 53.7. The molecule has 0 amide bonds. The van der Waals surface area contributed by atoms with Crippen LogP contribution >= 0.6 is 15.9 Å². The molecule has 12 rings (SSSR count). The van der Waals surface area contributed by atoms with Gasteiger partial charge >= 0.3 is 20.4 Å². The maximum absolute atomic E-state index is 12.8. The lowest BCUT2D eigenvalue weighted by Crippen LogP contribution is -2.53. The van der Waals surface area contributed by atoms with Gasteiger partial charge < -0.3 is 49.8 Å². The number of benzene rings is 4. The Balaban J connectivity index is 0.000000236. The molecule has 443 valence electrons. The minimum atomic E-state index is -4.76. The van der Waals surface area contributed by atoms with E-state index in [-0.39, 0.29) is 65.6 Å². The second kappa shape index (κ2) is 25.5. The molecular formula is C57H75BBrF6N8O8. The van der Waals surface area contributed by atoms with Gasteiger partial charge in [-0.15, -0.1) is 26.3 Å². The van der Waals surface area contributed by atoms with Crippen LogP contribution in [0.1, 0.15) is 111 Å². The predicted octanol–water partition coefficient (Wildman–Crippen LogP) is 12.0. The van der Waals surface area contributed by atoms with Gasteiger partial charge in [0.25, 0.3) is 0 Å². The Morgan fingerprint density at radius 2 is 1.04 bits per heavy atom. The Labute approximate surface area is 480 Å². The van der Waals surface area contributed by atoms with Crippen molar-refractivity contribution in [1.82, 2.24) is 9.80 Å². The van der Waals surface area contributed by atoms with Crippen molar-refractivity contribution < 1.29 is 64.6 Å². The molecule has 4 aromatic carbocycles. The number of alkyl halides is 6. The minimum Gasteiger partial charge on any atom is -0.537 e. The van der Waals surface area contributed by atoms with E-state index in [0.717, 1.165) is 103 Å². The average Bonchev–Trinajstić information content (AvgIpc) is 2.40. The summed E-state index contributed by atoms with van der Waals surface area (Å²) in [7, 11) is 3.93. The van der Waals surface area contributed by atoms with Crippen LogP contribution in [0, 0.1) is 10.8 Å². The molecule has 4 spiro atoms. The van der Waals surface area contributed by atoms with E-state index in [0.29, 0.717) is 63.4 Å². The lowest BCUT2D eigenvalue weighted by Gasteiger charge is -2.46. The monoisotopic (exact) mass is 1200 g/mol. The van der Waals surface area contributed by atoms with Gasteiger partial charge in [-0.25, -0.2) is 9.98 Å². The third-order valence-corrected chi connectivity index (χ3v) is 16.5. The molecule has 0 bridgehead atoms. The highest BCUT2D eigenvalue weighted by Gasteiger charge is 2.67. The number of nitrogens with zero attached hydrogens (tertiary/aromatic N) is 6. The zero-order valence-corrected chi connectivity index (χ0v) is 43.1. The fraction of sp³-hybridized carbons (Fsp3) is 0.509. The van der Waals surface area contributed by atoms with Gasteiger partial charge in [0.1, 0.15) is 30.5 Å². The highest BCUT2D eigenvalue weighted by atomic mass is 79.9. The number of oxime groups is 2. The van der Waals surface area contributed by atoms with Gasteiger partial charge in [-0.3, -0.25) is 9.80 Å². The summed E-state index contributed by atoms with van der Waals surface area (Å²) in [5, 5.41) is 17.2. The van der Waals surface area contributed by atoms with Gasteiger partial charge in [0.05, 0.1) is 25.3 Å². The maximum atomic E-state index is 12.8. The van der Waals surface area contributed by atoms with E-state index in [9.17, 15) is 26.3 Å². The summed E-state index contributed by atoms with van der Waals surface area (Å²) in [5.41, 5.74) is 17.3. The summed E-state index contributed by atoms with van der Waals surface area (Å²) in [5.74, 6) is 1.94. The van der Waals surface area contributed by atoms with E-state index in [1.807, 2.05) is 29.0 Å². The van der Waals surface area contributed by atoms with Crippen molar-refractivity contribution in [2.45, 2.75) is 137 Å². The topological polar surface area (TPSA) is 193 Å². The molecule has 0 aromatic heterocycles.